The largest absolute Gasteiger partial charge is 0.497 e. The molecule has 0 atom stereocenters. The van der Waals surface area contributed by atoms with E-state index in [9.17, 15) is 4.79 Å². The molecular weight excluding hydrogens is 428 g/mol. The van der Waals surface area contributed by atoms with E-state index in [-0.39, 0.29) is 5.91 Å². The summed E-state index contributed by atoms with van der Waals surface area (Å²) in [5, 5.41) is 5.26. The highest BCUT2D eigenvalue weighted by atomic mass is 32.2. The molecule has 2 aromatic carbocycles. The van der Waals surface area contributed by atoms with E-state index in [1.807, 2.05) is 73.1 Å². The number of ether oxygens (including phenoxy) is 1. The van der Waals surface area contributed by atoms with Gasteiger partial charge in [-0.15, -0.1) is 11.8 Å². The number of amides is 1. The van der Waals surface area contributed by atoms with Crippen LogP contribution in [0.4, 0.5) is 5.13 Å². The van der Waals surface area contributed by atoms with E-state index in [1.54, 1.807) is 23.3 Å². The van der Waals surface area contributed by atoms with Crippen LogP contribution in [0, 0.1) is 13.8 Å². The fraction of sp³-hybridized carbons (Fsp3) is 0.261. The van der Waals surface area contributed by atoms with Crippen molar-refractivity contribution in [3.05, 3.63) is 66.0 Å². The van der Waals surface area contributed by atoms with Gasteiger partial charge in [-0.05, 0) is 56.3 Å². The van der Waals surface area contributed by atoms with Crippen LogP contribution in [0.1, 0.15) is 11.4 Å². The standard InChI is InChI=1S/C23H24N4O2S2/c1-16-14-17(2)27(25-16)13-12-26(23-24-20-6-4-5-7-21(20)31-23)22(28)15-30-19-10-8-18(29-3)9-11-19/h4-11,14H,12-13,15H2,1-3H3. The van der Waals surface area contributed by atoms with Gasteiger partial charge in [-0.3, -0.25) is 14.4 Å². The van der Waals surface area contributed by atoms with Gasteiger partial charge < -0.3 is 4.74 Å². The molecule has 8 heteroatoms. The summed E-state index contributed by atoms with van der Waals surface area (Å²) in [5.41, 5.74) is 2.97. The van der Waals surface area contributed by atoms with Gasteiger partial charge in [0.2, 0.25) is 5.91 Å². The Morgan fingerprint density at radius 3 is 2.61 bits per heavy atom. The van der Waals surface area contributed by atoms with Gasteiger partial charge in [0.15, 0.2) is 5.13 Å². The Labute approximate surface area is 189 Å². The highest BCUT2D eigenvalue weighted by Crippen LogP contribution is 2.30. The molecule has 0 bridgehead atoms. The molecule has 1 amide bonds. The summed E-state index contributed by atoms with van der Waals surface area (Å²) in [6, 6.07) is 17.8. The van der Waals surface area contributed by atoms with Crippen molar-refractivity contribution in [2.75, 3.05) is 24.3 Å². The topological polar surface area (TPSA) is 60.2 Å². The fourth-order valence-corrected chi connectivity index (χ4v) is 5.08. The molecule has 0 aliphatic heterocycles. The summed E-state index contributed by atoms with van der Waals surface area (Å²) in [4.78, 5) is 20.8. The van der Waals surface area contributed by atoms with Crippen molar-refractivity contribution in [3.8, 4) is 5.75 Å². The number of carbonyl (C=O) groups is 1. The number of nitrogens with zero attached hydrogens (tertiary/aromatic N) is 4. The molecule has 6 nitrogen and oxygen atoms in total. The third-order valence-electron chi connectivity index (χ3n) is 4.88. The molecule has 0 radical (unpaired) electrons. The second kappa shape index (κ2) is 9.53. The molecule has 2 aromatic heterocycles. The van der Waals surface area contributed by atoms with Crippen LogP contribution in [0.25, 0.3) is 10.2 Å². The Hall–Kier alpha value is -2.84. The van der Waals surface area contributed by atoms with Crippen LogP contribution in [0.3, 0.4) is 0 Å². The zero-order valence-corrected chi connectivity index (χ0v) is 19.4. The van der Waals surface area contributed by atoms with E-state index < -0.39 is 0 Å². The Balaban J connectivity index is 1.52. The first kappa shape index (κ1) is 21.4. The zero-order chi connectivity index (χ0) is 21.8. The molecule has 4 rings (SSSR count). The normalized spacial score (nSPS) is 11.1. The van der Waals surface area contributed by atoms with E-state index >= 15 is 0 Å². The maximum atomic E-state index is 13.2. The number of thioether (sulfide) groups is 1. The average Bonchev–Trinajstić information content (AvgIpc) is 3.34. The third-order valence-corrected chi connectivity index (χ3v) is 6.93. The monoisotopic (exact) mass is 452 g/mol. The maximum Gasteiger partial charge on any atom is 0.239 e. The second-order valence-electron chi connectivity index (χ2n) is 7.12. The second-order valence-corrected chi connectivity index (χ2v) is 9.18. The number of aromatic nitrogens is 3. The van der Waals surface area contributed by atoms with E-state index in [0.717, 1.165) is 37.4 Å². The Kier molecular flexibility index (Phi) is 6.58. The highest BCUT2D eigenvalue weighted by Gasteiger charge is 2.20. The summed E-state index contributed by atoms with van der Waals surface area (Å²) >= 11 is 3.06. The number of benzene rings is 2. The number of hydrogen-bond acceptors (Lipinski definition) is 6. The number of anilines is 1. The molecule has 0 unspecified atom stereocenters. The quantitative estimate of drug-likeness (QED) is 0.354. The van der Waals surface area contributed by atoms with Crippen LogP contribution in [0.15, 0.2) is 59.5 Å². The maximum absolute atomic E-state index is 13.2. The molecule has 0 saturated carbocycles. The Morgan fingerprint density at radius 2 is 1.94 bits per heavy atom. The first-order valence-electron chi connectivity index (χ1n) is 9.97. The van der Waals surface area contributed by atoms with Gasteiger partial charge >= 0.3 is 0 Å². The number of aryl methyl sites for hydroxylation is 2. The van der Waals surface area contributed by atoms with E-state index in [4.69, 9.17) is 9.72 Å². The predicted molar refractivity (Wildman–Crippen MR) is 127 cm³/mol. The third kappa shape index (κ3) is 5.08. The molecule has 2 heterocycles. The SMILES string of the molecule is COc1ccc(SCC(=O)N(CCn2nc(C)cc2C)c2nc3ccccc3s2)cc1. The van der Waals surface area contributed by atoms with Crippen molar-refractivity contribution >= 4 is 44.4 Å². The van der Waals surface area contributed by atoms with Crippen molar-refractivity contribution in [3.63, 3.8) is 0 Å². The minimum atomic E-state index is 0.0291. The van der Waals surface area contributed by atoms with Gasteiger partial charge in [0, 0.05) is 17.1 Å². The molecule has 0 aliphatic carbocycles. The fourth-order valence-electron chi connectivity index (χ4n) is 3.29. The first-order valence-corrected chi connectivity index (χ1v) is 11.8. The smallest absolute Gasteiger partial charge is 0.239 e. The lowest BCUT2D eigenvalue weighted by Gasteiger charge is -2.20. The number of para-hydroxylation sites is 1. The van der Waals surface area contributed by atoms with Gasteiger partial charge in [0.25, 0.3) is 0 Å². The lowest BCUT2D eigenvalue weighted by molar-refractivity contribution is -0.116. The number of methoxy groups -OCH3 is 1. The van der Waals surface area contributed by atoms with Gasteiger partial charge in [0.05, 0.1) is 35.3 Å². The predicted octanol–water partition coefficient (Wildman–Crippen LogP) is 4.94. The summed E-state index contributed by atoms with van der Waals surface area (Å²) in [6.45, 7) is 5.15. The van der Waals surface area contributed by atoms with Gasteiger partial charge in [0.1, 0.15) is 5.75 Å². The average molecular weight is 453 g/mol. The van der Waals surface area contributed by atoms with E-state index in [2.05, 4.69) is 5.10 Å². The number of fused-ring (bicyclic) bond motifs is 1. The highest BCUT2D eigenvalue weighted by molar-refractivity contribution is 8.00. The summed E-state index contributed by atoms with van der Waals surface area (Å²) < 4.78 is 8.22. The van der Waals surface area contributed by atoms with E-state index in [0.29, 0.717) is 18.8 Å². The summed E-state index contributed by atoms with van der Waals surface area (Å²) in [6.07, 6.45) is 0. The summed E-state index contributed by atoms with van der Waals surface area (Å²) in [5.74, 6) is 1.16. The van der Waals surface area contributed by atoms with Crippen molar-refractivity contribution in [2.24, 2.45) is 0 Å². The number of thiazole rings is 1. The van der Waals surface area contributed by atoms with Gasteiger partial charge in [-0.25, -0.2) is 4.98 Å². The number of carbonyl (C=O) groups excluding carboxylic acids is 1. The summed E-state index contributed by atoms with van der Waals surface area (Å²) in [7, 11) is 1.64. The van der Waals surface area contributed by atoms with Crippen molar-refractivity contribution in [1.82, 2.24) is 14.8 Å². The van der Waals surface area contributed by atoms with Crippen molar-refractivity contribution < 1.29 is 9.53 Å². The number of hydrogen-bond donors (Lipinski definition) is 0. The van der Waals surface area contributed by atoms with Gasteiger partial charge in [-0.2, -0.15) is 5.10 Å². The van der Waals surface area contributed by atoms with Crippen LogP contribution in [0.2, 0.25) is 0 Å². The van der Waals surface area contributed by atoms with Crippen molar-refractivity contribution in [1.29, 1.82) is 0 Å². The molecule has 31 heavy (non-hydrogen) atoms. The van der Waals surface area contributed by atoms with Crippen LogP contribution >= 0.6 is 23.1 Å². The van der Waals surface area contributed by atoms with E-state index in [1.165, 1.54) is 11.8 Å². The van der Waals surface area contributed by atoms with Crippen LogP contribution < -0.4 is 9.64 Å². The Bertz CT molecular complexity index is 1150. The van der Waals surface area contributed by atoms with Gasteiger partial charge in [-0.1, -0.05) is 23.5 Å². The molecule has 0 N–H and O–H groups in total. The first-order chi connectivity index (χ1) is 15.0. The molecule has 160 valence electrons. The molecule has 4 aromatic rings. The van der Waals surface area contributed by atoms with Crippen molar-refractivity contribution in [2.45, 2.75) is 25.3 Å². The van der Waals surface area contributed by atoms with Crippen LogP contribution in [0.5, 0.6) is 5.75 Å². The molecular formula is C23H24N4O2S2. The zero-order valence-electron chi connectivity index (χ0n) is 17.7. The molecule has 0 fully saturated rings. The molecule has 0 spiro atoms. The lowest BCUT2D eigenvalue weighted by atomic mass is 10.3. The van der Waals surface area contributed by atoms with Crippen LogP contribution in [-0.2, 0) is 11.3 Å². The molecule has 0 aliphatic rings. The lowest BCUT2D eigenvalue weighted by Crippen LogP contribution is -2.35. The Morgan fingerprint density at radius 1 is 1.16 bits per heavy atom. The molecule has 0 saturated heterocycles. The van der Waals surface area contributed by atoms with Crippen LogP contribution in [-0.4, -0.2) is 40.1 Å². The number of rotatable bonds is 8. The minimum Gasteiger partial charge on any atom is -0.497 e. The minimum absolute atomic E-state index is 0.0291.